The summed E-state index contributed by atoms with van der Waals surface area (Å²) >= 11 is 0. The monoisotopic (exact) mass is 474 g/mol. The number of aryl methyl sites for hydroxylation is 2. The molecule has 0 bridgehead atoms. The molecule has 6 nitrogen and oxygen atoms in total. The van der Waals surface area contributed by atoms with Crippen LogP contribution in [0.2, 0.25) is 0 Å². The Morgan fingerprint density at radius 3 is 2.29 bits per heavy atom. The zero-order chi connectivity index (χ0) is 25.3. The summed E-state index contributed by atoms with van der Waals surface area (Å²) in [6.45, 7) is 8.36. The van der Waals surface area contributed by atoms with E-state index >= 15 is 0 Å². The number of nitrogens with one attached hydrogen (secondary N) is 2. The van der Waals surface area contributed by atoms with E-state index < -0.39 is 5.41 Å². The average Bonchev–Trinajstić information content (AvgIpc) is 2.83. The van der Waals surface area contributed by atoms with E-state index in [2.05, 4.69) is 22.8 Å². The molecule has 184 valence electrons. The van der Waals surface area contributed by atoms with Crippen LogP contribution in [-0.4, -0.2) is 25.0 Å². The highest BCUT2D eigenvalue weighted by Gasteiger charge is 2.27. The Labute approximate surface area is 207 Å². The topological polar surface area (TPSA) is 76.7 Å². The Morgan fingerprint density at radius 2 is 1.54 bits per heavy atom. The molecular formula is C29H34N2O4. The second-order valence-electron chi connectivity index (χ2n) is 9.29. The van der Waals surface area contributed by atoms with Crippen molar-refractivity contribution in [1.29, 1.82) is 0 Å². The van der Waals surface area contributed by atoms with E-state index in [1.165, 1.54) is 0 Å². The lowest BCUT2D eigenvalue weighted by Gasteiger charge is -2.24. The van der Waals surface area contributed by atoms with E-state index in [0.29, 0.717) is 30.2 Å². The highest BCUT2D eigenvalue weighted by molar-refractivity contribution is 5.96. The first kappa shape index (κ1) is 25.8. The van der Waals surface area contributed by atoms with Crippen molar-refractivity contribution in [2.24, 2.45) is 5.41 Å². The van der Waals surface area contributed by atoms with E-state index in [1.807, 2.05) is 52.0 Å². The molecule has 0 heterocycles. The normalized spacial score (nSPS) is 11.0. The number of carbonyl (C=O) groups is 2. The van der Waals surface area contributed by atoms with Crippen LogP contribution in [0, 0.1) is 19.3 Å². The quantitative estimate of drug-likeness (QED) is 0.327. The van der Waals surface area contributed by atoms with Crippen molar-refractivity contribution in [2.45, 2.75) is 40.5 Å². The van der Waals surface area contributed by atoms with Gasteiger partial charge >= 0.3 is 0 Å². The summed E-state index contributed by atoms with van der Waals surface area (Å²) in [6, 6.07) is 22.4. The molecule has 6 heteroatoms. The van der Waals surface area contributed by atoms with E-state index in [1.54, 1.807) is 36.4 Å². The number of hydrogen-bond acceptors (Lipinski definition) is 4. The van der Waals surface area contributed by atoms with Crippen LogP contribution in [0.25, 0.3) is 0 Å². The molecule has 3 aromatic carbocycles. The molecule has 0 aliphatic heterocycles. The van der Waals surface area contributed by atoms with E-state index in [-0.39, 0.29) is 18.4 Å². The van der Waals surface area contributed by atoms with Crippen molar-refractivity contribution in [3.8, 4) is 11.5 Å². The summed E-state index contributed by atoms with van der Waals surface area (Å²) in [5.41, 5.74) is 2.90. The number of anilines is 2. The minimum atomic E-state index is -0.576. The third kappa shape index (κ3) is 8.18. The number of para-hydroxylation sites is 1. The van der Waals surface area contributed by atoms with Crippen LogP contribution in [0.1, 0.15) is 37.8 Å². The minimum absolute atomic E-state index is 0.0832. The average molecular weight is 475 g/mol. The maximum atomic E-state index is 12.9. The van der Waals surface area contributed by atoms with Crippen molar-refractivity contribution in [3.63, 3.8) is 0 Å². The summed E-state index contributed by atoms with van der Waals surface area (Å²) in [6.07, 6.45) is 1.43. The number of rotatable bonds is 11. The van der Waals surface area contributed by atoms with Gasteiger partial charge in [-0.3, -0.25) is 9.59 Å². The van der Waals surface area contributed by atoms with Crippen LogP contribution in [0.3, 0.4) is 0 Å². The van der Waals surface area contributed by atoms with Gasteiger partial charge in [0, 0.05) is 16.8 Å². The molecule has 0 saturated heterocycles. The van der Waals surface area contributed by atoms with Gasteiger partial charge in [0.05, 0.1) is 6.61 Å². The summed E-state index contributed by atoms with van der Waals surface area (Å²) in [7, 11) is 0. The molecule has 3 aromatic rings. The van der Waals surface area contributed by atoms with Crippen molar-refractivity contribution in [3.05, 3.63) is 83.9 Å². The Morgan fingerprint density at radius 1 is 0.829 bits per heavy atom. The molecule has 0 saturated carbocycles. The van der Waals surface area contributed by atoms with Crippen LogP contribution < -0.4 is 20.1 Å². The van der Waals surface area contributed by atoms with Crippen LogP contribution in [0.15, 0.2) is 72.8 Å². The van der Waals surface area contributed by atoms with Crippen molar-refractivity contribution >= 4 is 23.2 Å². The Hall–Kier alpha value is -3.80. The third-order valence-electron chi connectivity index (χ3n) is 5.68. The smallest absolute Gasteiger partial charge is 0.262 e. The molecule has 0 radical (unpaired) electrons. The van der Waals surface area contributed by atoms with Crippen LogP contribution in [0.4, 0.5) is 11.4 Å². The van der Waals surface area contributed by atoms with Gasteiger partial charge in [-0.1, -0.05) is 50.2 Å². The Balaban J connectivity index is 1.46. The Bertz CT molecular complexity index is 1140. The summed E-state index contributed by atoms with van der Waals surface area (Å²) in [4.78, 5) is 25.2. The fourth-order valence-electron chi connectivity index (χ4n) is 3.51. The van der Waals surface area contributed by atoms with E-state index in [0.717, 1.165) is 23.3 Å². The van der Waals surface area contributed by atoms with Gasteiger partial charge in [-0.25, -0.2) is 0 Å². The van der Waals surface area contributed by atoms with Gasteiger partial charge < -0.3 is 20.1 Å². The van der Waals surface area contributed by atoms with E-state index in [9.17, 15) is 9.59 Å². The lowest BCUT2D eigenvalue weighted by atomic mass is 9.87. The second-order valence-corrected chi connectivity index (χ2v) is 9.29. The molecular weight excluding hydrogens is 440 g/mol. The van der Waals surface area contributed by atoms with Crippen molar-refractivity contribution in [1.82, 2.24) is 0 Å². The number of benzene rings is 3. The summed E-state index contributed by atoms with van der Waals surface area (Å²) in [5.74, 6) is 1.16. The molecule has 2 N–H and O–H groups in total. The fourth-order valence-corrected chi connectivity index (χ4v) is 3.51. The zero-order valence-electron chi connectivity index (χ0n) is 20.9. The van der Waals surface area contributed by atoms with Gasteiger partial charge in [-0.2, -0.15) is 0 Å². The number of hydrogen-bond donors (Lipinski definition) is 2. The summed E-state index contributed by atoms with van der Waals surface area (Å²) < 4.78 is 11.4. The van der Waals surface area contributed by atoms with Crippen molar-refractivity contribution < 1.29 is 19.1 Å². The first-order valence-electron chi connectivity index (χ1n) is 11.8. The molecule has 0 aliphatic carbocycles. The standard InChI is InChI=1S/C29H34N2O4/c1-21-14-15-22(2)26(18-21)34-17-9-16-29(3,4)28(33)31-24-11-8-10-23(19-24)30-27(32)20-35-25-12-6-5-7-13-25/h5-8,10-15,18-19H,9,16-17,20H2,1-4H3,(H,30,32)(H,31,33). The second kappa shape index (κ2) is 12.1. The molecule has 0 atom stereocenters. The van der Waals surface area contributed by atoms with E-state index in [4.69, 9.17) is 9.47 Å². The SMILES string of the molecule is Cc1ccc(C)c(OCCCC(C)(C)C(=O)Nc2cccc(NC(=O)COc3ccccc3)c2)c1. The molecule has 3 rings (SSSR count). The van der Waals surface area contributed by atoms with Gasteiger partial charge in [-0.05, 0) is 74.2 Å². The molecule has 0 aromatic heterocycles. The summed E-state index contributed by atoms with van der Waals surface area (Å²) in [5, 5.41) is 5.77. The predicted octanol–water partition coefficient (Wildman–Crippen LogP) is 6.14. The lowest BCUT2D eigenvalue weighted by molar-refractivity contribution is -0.124. The molecule has 35 heavy (non-hydrogen) atoms. The lowest BCUT2D eigenvalue weighted by Crippen LogP contribution is -2.31. The molecule has 2 amide bonds. The van der Waals surface area contributed by atoms with Crippen LogP contribution in [-0.2, 0) is 9.59 Å². The highest BCUT2D eigenvalue weighted by atomic mass is 16.5. The largest absolute Gasteiger partial charge is 0.493 e. The predicted molar refractivity (Wildman–Crippen MR) is 140 cm³/mol. The number of ether oxygens (including phenoxy) is 2. The molecule has 0 unspecified atom stereocenters. The maximum absolute atomic E-state index is 12.9. The number of amides is 2. The first-order chi connectivity index (χ1) is 16.7. The van der Waals surface area contributed by atoms with Gasteiger partial charge in [0.2, 0.25) is 5.91 Å². The molecule has 0 fully saturated rings. The maximum Gasteiger partial charge on any atom is 0.262 e. The zero-order valence-corrected chi connectivity index (χ0v) is 20.9. The first-order valence-corrected chi connectivity index (χ1v) is 11.8. The number of carbonyl (C=O) groups excluding carboxylic acids is 2. The molecule has 0 aliphatic rings. The Kier molecular flexibility index (Phi) is 8.90. The van der Waals surface area contributed by atoms with Crippen LogP contribution >= 0.6 is 0 Å². The third-order valence-corrected chi connectivity index (χ3v) is 5.68. The van der Waals surface area contributed by atoms with Gasteiger partial charge in [0.1, 0.15) is 11.5 Å². The van der Waals surface area contributed by atoms with Crippen LogP contribution in [0.5, 0.6) is 11.5 Å². The fraction of sp³-hybridized carbons (Fsp3) is 0.310. The van der Waals surface area contributed by atoms with Gasteiger partial charge in [0.15, 0.2) is 6.61 Å². The minimum Gasteiger partial charge on any atom is -0.493 e. The van der Waals surface area contributed by atoms with Crippen molar-refractivity contribution in [2.75, 3.05) is 23.8 Å². The van der Waals surface area contributed by atoms with Gasteiger partial charge in [0.25, 0.3) is 5.91 Å². The highest BCUT2D eigenvalue weighted by Crippen LogP contribution is 2.26. The van der Waals surface area contributed by atoms with Gasteiger partial charge in [-0.15, -0.1) is 0 Å². The molecule has 0 spiro atoms.